The van der Waals surface area contributed by atoms with E-state index in [1.807, 2.05) is 0 Å². The molecule has 0 aliphatic carbocycles. The van der Waals surface area contributed by atoms with E-state index < -0.39 is 31.3 Å². The van der Waals surface area contributed by atoms with Crippen molar-refractivity contribution in [2.24, 2.45) is 0 Å². The Kier molecular flexibility index (Phi) is 1.87. The van der Waals surface area contributed by atoms with Gasteiger partial charge >= 0.3 is 15.9 Å². The molecular formula is C9H10NO5S+. The van der Waals surface area contributed by atoms with Crippen LogP contribution in [0.15, 0.2) is 17.0 Å². The number of quaternary nitrogens is 1. The van der Waals surface area contributed by atoms with Crippen molar-refractivity contribution in [3.05, 3.63) is 17.7 Å². The molecule has 1 aliphatic rings. The van der Waals surface area contributed by atoms with Crippen LogP contribution in [0.2, 0.25) is 0 Å². The van der Waals surface area contributed by atoms with E-state index >= 15 is 0 Å². The highest BCUT2D eigenvalue weighted by molar-refractivity contribution is 7.86. The summed E-state index contributed by atoms with van der Waals surface area (Å²) in [5, 5.41) is 18.5. The number of aromatic hydroxyl groups is 2. The van der Waals surface area contributed by atoms with Crippen LogP contribution in [0.3, 0.4) is 0 Å². The van der Waals surface area contributed by atoms with Gasteiger partial charge in [0.25, 0.3) is 0 Å². The van der Waals surface area contributed by atoms with Crippen LogP contribution in [-0.2, 0) is 10.0 Å². The Morgan fingerprint density at radius 1 is 1.12 bits per heavy atom. The lowest BCUT2D eigenvalue weighted by Crippen LogP contribution is -2.44. The van der Waals surface area contributed by atoms with Crippen LogP contribution in [-0.4, -0.2) is 42.5 Å². The largest absolute Gasteiger partial charge is 0.504 e. The highest BCUT2D eigenvalue weighted by Crippen LogP contribution is 2.39. The third-order valence-corrected chi connectivity index (χ3v) is 4.94. The summed E-state index contributed by atoms with van der Waals surface area (Å²) in [6, 6.07) is 1.86. The fraction of sp³-hybridized carbons (Fsp3) is 0.222. The molecule has 7 heteroatoms. The number of fused-ring (bicyclic) bond motifs is 1. The molecule has 6 nitrogen and oxygen atoms in total. The summed E-state index contributed by atoms with van der Waals surface area (Å²) in [5.74, 6) is -1.70. The van der Waals surface area contributed by atoms with Crippen LogP contribution in [0, 0.1) is 0 Å². The van der Waals surface area contributed by atoms with Gasteiger partial charge < -0.3 is 10.2 Å². The first-order chi connectivity index (χ1) is 7.19. The molecule has 0 fully saturated rings. The number of nitrogens with zero attached hydrogens (tertiary/aromatic N) is 1. The van der Waals surface area contributed by atoms with Gasteiger partial charge in [-0.25, -0.2) is 4.79 Å². The zero-order chi connectivity index (χ0) is 12.3. The molecule has 0 radical (unpaired) electrons. The molecule has 2 rings (SSSR count). The van der Waals surface area contributed by atoms with Gasteiger partial charge in [-0.15, -0.1) is 0 Å². The van der Waals surface area contributed by atoms with Crippen molar-refractivity contribution >= 4 is 15.9 Å². The number of amides is 1. The van der Waals surface area contributed by atoms with E-state index in [2.05, 4.69) is 0 Å². The van der Waals surface area contributed by atoms with Gasteiger partial charge in [0.2, 0.25) is 0 Å². The number of carbonyl (C=O) groups is 1. The van der Waals surface area contributed by atoms with Crippen LogP contribution >= 0.6 is 0 Å². The number of phenolic OH excluding ortho intramolecular Hbond substituents is 2. The first-order valence-corrected chi connectivity index (χ1v) is 5.83. The van der Waals surface area contributed by atoms with E-state index in [9.17, 15) is 23.4 Å². The summed E-state index contributed by atoms with van der Waals surface area (Å²) < 4.78 is 23.0. The monoisotopic (exact) mass is 244 g/mol. The Bertz CT molecular complexity index is 603. The summed E-state index contributed by atoms with van der Waals surface area (Å²) in [4.78, 5) is 11.5. The molecule has 0 aromatic heterocycles. The Hall–Kier alpha value is -1.60. The average Bonchev–Trinajstić information content (AvgIpc) is 2.29. The zero-order valence-electron chi connectivity index (χ0n) is 8.63. The molecule has 16 heavy (non-hydrogen) atoms. The van der Waals surface area contributed by atoms with Crippen LogP contribution in [0.5, 0.6) is 11.5 Å². The number of hydrogen-bond acceptors (Lipinski definition) is 5. The van der Waals surface area contributed by atoms with Gasteiger partial charge in [0, 0.05) is 12.1 Å². The molecule has 0 spiro atoms. The Morgan fingerprint density at radius 2 is 1.62 bits per heavy atom. The molecule has 86 valence electrons. The number of hydrogen-bond donors (Lipinski definition) is 2. The maximum atomic E-state index is 11.9. The second-order valence-electron chi connectivity index (χ2n) is 3.97. The topological polar surface area (TPSA) is 91.7 Å². The van der Waals surface area contributed by atoms with Crippen molar-refractivity contribution in [1.29, 1.82) is 0 Å². The van der Waals surface area contributed by atoms with Gasteiger partial charge in [0.1, 0.15) is 10.5 Å². The average molecular weight is 244 g/mol. The predicted molar refractivity (Wildman–Crippen MR) is 53.4 cm³/mol. The minimum atomic E-state index is -3.86. The molecule has 0 saturated carbocycles. The zero-order valence-corrected chi connectivity index (χ0v) is 9.45. The number of rotatable bonds is 0. The van der Waals surface area contributed by atoms with Crippen LogP contribution < -0.4 is 0 Å². The second-order valence-corrected chi connectivity index (χ2v) is 6.27. The molecule has 1 amide bonds. The summed E-state index contributed by atoms with van der Waals surface area (Å²) in [5.41, 5.74) is -0.0969. The minimum Gasteiger partial charge on any atom is -0.504 e. The minimum absolute atomic E-state index is 0.0969. The van der Waals surface area contributed by atoms with Crippen molar-refractivity contribution < 1.29 is 27.3 Å². The van der Waals surface area contributed by atoms with Gasteiger partial charge in [0.15, 0.2) is 11.5 Å². The number of benzene rings is 1. The van der Waals surface area contributed by atoms with Gasteiger partial charge in [-0.2, -0.15) is 12.3 Å². The van der Waals surface area contributed by atoms with Crippen LogP contribution in [0.25, 0.3) is 0 Å². The second kappa shape index (κ2) is 2.74. The molecule has 1 aromatic rings. The van der Waals surface area contributed by atoms with E-state index in [1.54, 1.807) is 0 Å². The first-order valence-electron chi connectivity index (χ1n) is 4.39. The summed E-state index contributed by atoms with van der Waals surface area (Å²) >= 11 is 0. The van der Waals surface area contributed by atoms with Crippen molar-refractivity contribution in [2.75, 3.05) is 14.1 Å². The predicted octanol–water partition coefficient (Wildman–Crippen LogP) is 0.0167. The van der Waals surface area contributed by atoms with Gasteiger partial charge in [-0.05, 0) is 0 Å². The van der Waals surface area contributed by atoms with E-state index in [1.165, 1.54) is 14.1 Å². The van der Waals surface area contributed by atoms with E-state index in [4.69, 9.17) is 0 Å². The maximum Gasteiger partial charge on any atom is 0.362 e. The van der Waals surface area contributed by atoms with Gasteiger partial charge in [-0.3, -0.25) is 0 Å². The van der Waals surface area contributed by atoms with Crippen LogP contribution in [0.4, 0.5) is 0 Å². The molecule has 0 saturated heterocycles. The molecular weight excluding hydrogens is 234 g/mol. The van der Waals surface area contributed by atoms with Crippen LogP contribution in [0.1, 0.15) is 10.4 Å². The molecule has 1 heterocycles. The van der Waals surface area contributed by atoms with E-state index in [0.717, 1.165) is 12.1 Å². The first kappa shape index (κ1) is 10.9. The standard InChI is InChI=1S/C9H9NO5S/c1-10(2)9(13)5-3-6(11)7(12)4-8(5)16(10,14)15/h3-4H,1-2H3,(H-,11,12,13)/p+1. The Balaban J connectivity index is 2.89. The van der Waals surface area contributed by atoms with Crippen molar-refractivity contribution in [3.63, 3.8) is 0 Å². The smallest absolute Gasteiger partial charge is 0.362 e. The lowest BCUT2D eigenvalue weighted by Gasteiger charge is -2.17. The van der Waals surface area contributed by atoms with E-state index in [-0.39, 0.29) is 10.5 Å². The number of phenols is 2. The van der Waals surface area contributed by atoms with E-state index in [0.29, 0.717) is 0 Å². The summed E-state index contributed by atoms with van der Waals surface area (Å²) in [7, 11) is -1.37. The lowest BCUT2D eigenvalue weighted by molar-refractivity contribution is -0.668. The quantitative estimate of drug-likeness (QED) is 0.495. The third-order valence-electron chi connectivity index (χ3n) is 2.68. The fourth-order valence-corrected chi connectivity index (χ4v) is 3.08. The molecule has 0 atom stereocenters. The Labute approximate surface area is 92.0 Å². The molecule has 1 aromatic carbocycles. The SMILES string of the molecule is C[N+]1(C)C(=O)c2cc(O)c(O)cc2S1(=O)=O. The highest BCUT2D eigenvalue weighted by Gasteiger charge is 2.53. The highest BCUT2D eigenvalue weighted by atomic mass is 32.2. The summed E-state index contributed by atoms with van der Waals surface area (Å²) in [6.07, 6.45) is 0. The molecule has 0 bridgehead atoms. The fourth-order valence-electron chi connectivity index (χ4n) is 1.58. The molecule has 2 N–H and O–H groups in total. The normalized spacial score (nSPS) is 20.8. The van der Waals surface area contributed by atoms with Crippen molar-refractivity contribution in [1.82, 2.24) is 0 Å². The van der Waals surface area contributed by atoms with Gasteiger partial charge in [0.05, 0.1) is 14.1 Å². The Morgan fingerprint density at radius 3 is 2.19 bits per heavy atom. The van der Waals surface area contributed by atoms with Gasteiger partial charge in [-0.1, -0.05) is 0 Å². The summed E-state index contributed by atoms with van der Waals surface area (Å²) in [6.45, 7) is 0. The maximum absolute atomic E-state index is 11.9. The molecule has 0 unspecified atom stereocenters. The van der Waals surface area contributed by atoms with Crippen molar-refractivity contribution in [3.8, 4) is 11.5 Å². The molecule has 1 aliphatic heterocycles. The lowest BCUT2D eigenvalue weighted by atomic mass is 10.2. The van der Waals surface area contributed by atoms with Crippen molar-refractivity contribution in [2.45, 2.75) is 4.90 Å². The number of carbonyl (C=O) groups excluding carboxylic acids is 1. The number of sulfonamides is 1. The third kappa shape index (κ3) is 1.04.